The normalized spacial score (nSPS) is 11.5. The van der Waals surface area contributed by atoms with E-state index in [0.29, 0.717) is 28.5 Å². The predicted octanol–water partition coefficient (Wildman–Crippen LogP) is 2.86. The molecule has 0 aliphatic rings. The number of fused-ring (bicyclic) bond motifs is 1. The minimum atomic E-state index is -4.06. The average molecular weight is 429 g/mol. The molecule has 1 amide bonds. The van der Waals surface area contributed by atoms with Crippen LogP contribution < -0.4 is 5.32 Å². The smallest absolute Gasteiger partial charge is 0.257 e. The Morgan fingerprint density at radius 3 is 2.70 bits per heavy atom. The molecule has 0 saturated heterocycles. The Balaban J connectivity index is 1.54. The van der Waals surface area contributed by atoms with E-state index in [1.165, 1.54) is 24.4 Å². The quantitative estimate of drug-likeness (QED) is 0.471. The summed E-state index contributed by atoms with van der Waals surface area (Å²) in [6, 6.07) is 9.91. The highest BCUT2D eigenvalue weighted by atomic mass is 32.2. The van der Waals surface area contributed by atoms with Gasteiger partial charge in [-0.05, 0) is 35.9 Å². The number of carbonyl (C=O) groups excluding carboxylic acids is 1. The van der Waals surface area contributed by atoms with Gasteiger partial charge in [-0.15, -0.1) is 5.10 Å². The van der Waals surface area contributed by atoms with Crippen LogP contribution in [0.15, 0.2) is 59.6 Å². The first kappa shape index (κ1) is 19.6. The van der Waals surface area contributed by atoms with Gasteiger partial charge < -0.3 is 5.32 Å². The lowest BCUT2D eigenvalue weighted by Gasteiger charge is -2.09. The summed E-state index contributed by atoms with van der Waals surface area (Å²) < 4.78 is 52.0. The summed E-state index contributed by atoms with van der Waals surface area (Å²) >= 11 is 0. The molecule has 0 fully saturated rings. The van der Waals surface area contributed by atoms with Crippen molar-refractivity contribution in [3.8, 4) is 0 Å². The summed E-state index contributed by atoms with van der Waals surface area (Å²) in [6.07, 6.45) is 1.34. The molecule has 0 aliphatic carbocycles. The van der Waals surface area contributed by atoms with Crippen LogP contribution in [0.25, 0.3) is 11.2 Å². The van der Waals surface area contributed by atoms with Gasteiger partial charge in [-0.3, -0.25) is 4.79 Å². The number of H-pyrrole nitrogens is 1. The van der Waals surface area contributed by atoms with Crippen LogP contribution in [0.1, 0.15) is 15.9 Å². The summed E-state index contributed by atoms with van der Waals surface area (Å²) in [4.78, 5) is 15.9. The number of hydrogen-bond donors (Lipinski definition) is 2. The van der Waals surface area contributed by atoms with Crippen LogP contribution in [-0.2, 0) is 15.6 Å². The Kier molecular flexibility index (Phi) is 4.96. The average Bonchev–Trinajstić information content (AvgIpc) is 3.15. The molecule has 0 spiro atoms. The molecule has 30 heavy (non-hydrogen) atoms. The zero-order valence-electron chi connectivity index (χ0n) is 15.1. The SMILES string of the molecule is O=C(Nc1cccc(CS(=O)(=O)c2ccc(F)cc2F)c1)c1cnc2n[nH]nc2c1. The third-order valence-corrected chi connectivity index (χ3v) is 5.92. The number of nitrogens with one attached hydrogen (secondary N) is 2. The number of nitrogens with zero attached hydrogens (tertiary/aromatic N) is 3. The van der Waals surface area contributed by atoms with Crippen molar-refractivity contribution in [2.75, 3.05) is 5.32 Å². The number of carbonyl (C=O) groups is 1. The third kappa shape index (κ3) is 4.01. The minimum absolute atomic E-state index is 0.239. The topological polar surface area (TPSA) is 118 Å². The van der Waals surface area contributed by atoms with Crippen LogP contribution >= 0.6 is 0 Å². The number of halogens is 2. The van der Waals surface area contributed by atoms with E-state index >= 15 is 0 Å². The van der Waals surface area contributed by atoms with Crippen LogP contribution in [0.5, 0.6) is 0 Å². The molecule has 0 aliphatic heterocycles. The van der Waals surface area contributed by atoms with Crippen molar-refractivity contribution in [2.45, 2.75) is 10.6 Å². The molecule has 2 N–H and O–H groups in total. The Labute approximate surface area is 168 Å². The van der Waals surface area contributed by atoms with Crippen molar-refractivity contribution in [1.29, 1.82) is 0 Å². The second-order valence-corrected chi connectivity index (χ2v) is 8.34. The van der Waals surface area contributed by atoms with E-state index in [2.05, 4.69) is 25.7 Å². The van der Waals surface area contributed by atoms with E-state index in [-0.39, 0.29) is 5.56 Å². The predicted molar refractivity (Wildman–Crippen MR) is 103 cm³/mol. The van der Waals surface area contributed by atoms with Gasteiger partial charge >= 0.3 is 0 Å². The Hall–Kier alpha value is -3.73. The summed E-state index contributed by atoms with van der Waals surface area (Å²) in [5.74, 6) is -3.02. The molecule has 2 heterocycles. The van der Waals surface area contributed by atoms with Gasteiger partial charge in [0.2, 0.25) is 5.65 Å². The molecular formula is C19H13F2N5O3S. The molecule has 8 nitrogen and oxygen atoms in total. The maximum Gasteiger partial charge on any atom is 0.257 e. The van der Waals surface area contributed by atoms with Gasteiger partial charge in [-0.1, -0.05) is 12.1 Å². The van der Waals surface area contributed by atoms with Gasteiger partial charge in [0.05, 0.1) is 11.3 Å². The lowest BCUT2D eigenvalue weighted by Crippen LogP contribution is -2.13. The van der Waals surface area contributed by atoms with Crippen molar-refractivity contribution < 1.29 is 22.0 Å². The van der Waals surface area contributed by atoms with Crippen LogP contribution in [0.2, 0.25) is 0 Å². The summed E-state index contributed by atoms with van der Waals surface area (Å²) in [7, 11) is -4.06. The summed E-state index contributed by atoms with van der Waals surface area (Å²) in [6.45, 7) is 0. The fourth-order valence-corrected chi connectivity index (χ4v) is 4.24. The van der Waals surface area contributed by atoms with E-state index < -0.39 is 38.0 Å². The highest BCUT2D eigenvalue weighted by Gasteiger charge is 2.21. The summed E-state index contributed by atoms with van der Waals surface area (Å²) in [5, 5.41) is 12.7. The van der Waals surface area contributed by atoms with Gasteiger partial charge in [0.1, 0.15) is 22.0 Å². The zero-order chi connectivity index (χ0) is 21.3. The fraction of sp³-hybridized carbons (Fsp3) is 0.0526. The van der Waals surface area contributed by atoms with Crippen molar-refractivity contribution >= 4 is 32.6 Å². The number of sulfone groups is 1. The molecule has 2 aromatic carbocycles. The monoisotopic (exact) mass is 429 g/mol. The number of hydrogen-bond acceptors (Lipinski definition) is 6. The van der Waals surface area contributed by atoms with E-state index in [4.69, 9.17) is 0 Å². The highest BCUT2D eigenvalue weighted by Crippen LogP contribution is 2.22. The fourth-order valence-electron chi connectivity index (χ4n) is 2.83. The Bertz CT molecular complexity index is 1370. The second kappa shape index (κ2) is 7.59. The second-order valence-electron chi connectivity index (χ2n) is 6.38. The van der Waals surface area contributed by atoms with Crippen molar-refractivity contribution in [1.82, 2.24) is 20.4 Å². The molecule has 4 aromatic rings. The number of aromatic nitrogens is 4. The van der Waals surface area contributed by atoms with Crippen LogP contribution in [0, 0.1) is 11.6 Å². The molecule has 4 rings (SSSR count). The van der Waals surface area contributed by atoms with E-state index in [9.17, 15) is 22.0 Å². The Morgan fingerprint density at radius 1 is 1.07 bits per heavy atom. The molecule has 0 saturated carbocycles. The number of rotatable bonds is 5. The Morgan fingerprint density at radius 2 is 1.90 bits per heavy atom. The van der Waals surface area contributed by atoms with Crippen molar-refractivity contribution in [3.05, 3.63) is 77.5 Å². The molecule has 0 atom stereocenters. The van der Waals surface area contributed by atoms with Gasteiger partial charge in [0, 0.05) is 18.0 Å². The first-order valence-electron chi connectivity index (χ1n) is 8.56. The molecule has 11 heteroatoms. The maximum atomic E-state index is 13.9. The minimum Gasteiger partial charge on any atom is -0.322 e. The van der Waals surface area contributed by atoms with Crippen LogP contribution in [0.4, 0.5) is 14.5 Å². The lowest BCUT2D eigenvalue weighted by molar-refractivity contribution is 0.102. The standard InChI is InChI=1S/C19H13F2N5O3S/c20-13-4-5-17(15(21)8-13)30(28,29)10-11-2-1-3-14(6-11)23-19(27)12-7-16-18(22-9-12)25-26-24-16/h1-9H,10H2,(H,23,27)(H,22,24,25,26). The van der Waals surface area contributed by atoms with Crippen LogP contribution in [0.3, 0.4) is 0 Å². The maximum absolute atomic E-state index is 13.9. The molecule has 2 aromatic heterocycles. The van der Waals surface area contributed by atoms with E-state index in [0.717, 1.165) is 12.1 Å². The van der Waals surface area contributed by atoms with Gasteiger partial charge in [-0.25, -0.2) is 22.2 Å². The largest absolute Gasteiger partial charge is 0.322 e. The number of anilines is 1. The van der Waals surface area contributed by atoms with Gasteiger partial charge in [-0.2, -0.15) is 10.3 Å². The number of aromatic amines is 1. The van der Waals surface area contributed by atoms with Gasteiger partial charge in [0.15, 0.2) is 9.84 Å². The number of amides is 1. The number of benzene rings is 2. The first-order chi connectivity index (χ1) is 14.3. The third-order valence-electron chi connectivity index (χ3n) is 4.21. The van der Waals surface area contributed by atoms with Crippen molar-refractivity contribution in [3.63, 3.8) is 0 Å². The lowest BCUT2D eigenvalue weighted by atomic mass is 10.2. The van der Waals surface area contributed by atoms with Crippen molar-refractivity contribution in [2.24, 2.45) is 0 Å². The molecule has 0 unspecified atom stereocenters. The van der Waals surface area contributed by atoms with Gasteiger partial charge in [0.25, 0.3) is 5.91 Å². The zero-order valence-corrected chi connectivity index (χ0v) is 16.0. The number of pyridine rings is 1. The summed E-state index contributed by atoms with van der Waals surface area (Å²) in [5.41, 5.74) is 1.69. The molecule has 152 valence electrons. The van der Waals surface area contributed by atoms with E-state index in [1.807, 2.05) is 0 Å². The molecule has 0 radical (unpaired) electrons. The van der Waals surface area contributed by atoms with E-state index in [1.54, 1.807) is 12.1 Å². The molecular weight excluding hydrogens is 416 g/mol. The first-order valence-corrected chi connectivity index (χ1v) is 10.2. The molecule has 0 bridgehead atoms. The van der Waals surface area contributed by atoms with Crippen LogP contribution in [-0.4, -0.2) is 34.7 Å². The highest BCUT2D eigenvalue weighted by molar-refractivity contribution is 7.90.